The maximum atomic E-state index is 11.5. The number of aromatic nitrogens is 1. The Bertz CT molecular complexity index is 475. The predicted molar refractivity (Wildman–Crippen MR) is 49.4 cm³/mol. The van der Waals surface area contributed by atoms with Crippen LogP contribution in [0.1, 0.15) is 0 Å². The Balaban J connectivity index is 3.01. The third-order valence-corrected chi connectivity index (χ3v) is 2.38. The van der Waals surface area contributed by atoms with E-state index in [1.54, 1.807) is 6.20 Å². The molecule has 1 aromatic carbocycles. The van der Waals surface area contributed by atoms with Gasteiger partial charge >= 0.3 is 77.5 Å². The van der Waals surface area contributed by atoms with Gasteiger partial charge in [-0.2, -0.15) is 0 Å². The van der Waals surface area contributed by atoms with Gasteiger partial charge in [-0.25, -0.2) is 0 Å². The summed E-state index contributed by atoms with van der Waals surface area (Å²) in [6.45, 7) is 0. The molecule has 1 aromatic heterocycles. The van der Waals surface area contributed by atoms with Gasteiger partial charge in [0.15, 0.2) is 0 Å². The number of hydrogen-bond donors (Lipinski definition) is 0. The number of benzene rings is 1. The van der Waals surface area contributed by atoms with Gasteiger partial charge in [0.05, 0.1) is 0 Å². The molecule has 0 unspecified atom stereocenters. The first-order chi connectivity index (χ1) is 5.79. The molecule has 12 heavy (non-hydrogen) atoms. The molecule has 2 aromatic rings. The normalized spacial score (nSPS) is 10.3. The Labute approximate surface area is 77.9 Å². The molecule has 0 aliphatic heterocycles. The fourth-order valence-electron chi connectivity index (χ4n) is 1.17. The van der Waals surface area contributed by atoms with Gasteiger partial charge in [-0.1, -0.05) is 0 Å². The monoisotopic (exact) mass is 224 g/mol. The molecule has 1 heterocycles. The first kappa shape index (κ1) is 7.59. The predicted octanol–water partition coefficient (Wildman–Crippen LogP) is 0.933. The Morgan fingerprint density at radius 2 is 1.92 bits per heavy atom. The topological polar surface area (TPSA) is 22.0 Å². The van der Waals surface area contributed by atoms with Crippen molar-refractivity contribution in [2.45, 2.75) is 0 Å². The molecule has 0 aliphatic carbocycles. The zero-order valence-electron chi connectivity index (χ0n) is 6.23. The van der Waals surface area contributed by atoms with Crippen molar-refractivity contribution < 1.29 is 0 Å². The molecular formula is C9H6NOSe-. The van der Waals surface area contributed by atoms with E-state index in [9.17, 15) is 4.79 Å². The van der Waals surface area contributed by atoms with Crippen molar-refractivity contribution in [1.29, 1.82) is 0 Å². The average Bonchev–Trinajstić information content (AvgIpc) is 2.12. The van der Waals surface area contributed by atoms with E-state index in [-0.39, 0.29) is 5.56 Å². The van der Waals surface area contributed by atoms with Crippen molar-refractivity contribution in [3.8, 4) is 0 Å². The number of rotatable bonds is 0. The summed E-state index contributed by atoms with van der Waals surface area (Å²) in [4.78, 5) is 11.5. The molecule has 0 amide bonds. The first-order valence-electron chi connectivity index (χ1n) is 3.57. The third-order valence-electron chi connectivity index (χ3n) is 1.78. The maximum absolute atomic E-state index is 11.5. The van der Waals surface area contributed by atoms with Gasteiger partial charge in [0, 0.05) is 0 Å². The van der Waals surface area contributed by atoms with Crippen LogP contribution in [0.3, 0.4) is 0 Å². The molecule has 2 nitrogen and oxygen atoms in total. The van der Waals surface area contributed by atoms with Gasteiger partial charge in [-0.15, -0.1) is 0 Å². The van der Waals surface area contributed by atoms with Crippen molar-refractivity contribution in [3.63, 3.8) is 0 Å². The van der Waals surface area contributed by atoms with Crippen LogP contribution in [0.2, 0.25) is 0 Å². The second kappa shape index (κ2) is 2.77. The molecule has 0 N–H and O–H groups in total. The fourth-order valence-corrected chi connectivity index (χ4v) is 1.51. The van der Waals surface area contributed by atoms with Crippen LogP contribution in [-0.4, -0.2) is 19.8 Å². The molecule has 0 spiro atoms. The van der Waals surface area contributed by atoms with Crippen molar-refractivity contribution in [2.24, 2.45) is 0 Å². The van der Waals surface area contributed by atoms with Crippen molar-refractivity contribution >= 4 is 27.0 Å². The average molecular weight is 223 g/mol. The minimum absolute atomic E-state index is 0.00750. The summed E-state index contributed by atoms with van der Waals surface area (Å²) in [7, 11) is 0. The summed E-state index contributed by atoms with van der Waals surface area (Å²) in [5, 5.41) is 1.73. The zero-order chi connectivity index (χ0) is 8.55. The third kappa shape index (κ3) is 1.07. The number of pyridine rings is 1. The summed E-state index contributed by atoms with van der Waals surface area (Å²) in [6, 6.07) is 9.45. The van der Waals surface area contributed by atoms with Gasteiger partial charge in [0.1, 0.15) is 0 Å². The second-order valence-electron chi connectivity index (χ2n) is 2.53. The quantitative estimate of drug-likeness (QED) is 0.609. The van der Waals surface area contributed by atoms with Crippen LogP contribution in [-0.2, 0) is 0 Å². The molecule has 0 aliphatic rings. The van der Waals surface area contributed by atoms with Gasteiger partial charge in [-0.3, -0.25) is 0 Å². The fraction of sp³-hybridized carbons (Fsp3) is 0. The minimum atomic E-state index is 0.00750. The molecule has 0 radical (unpaired) electrons. The molecule has 2 rings (SSSR count). The number of nitrogens with zero attached hydrogens (tertiary/aromatic N) is 1. The van der Waals surface area contributed by atoms with Crippen LogP contribution in [0.25, 0.3) is 10.8 Å². The molecule has 0 saturated carbocycles. The van der Waals surface area contributed by atoms with Crippen molar-refractivity contribution in [3.05, 3.63) is 46.9 Å². The number of hydrogen-bond acceptors (Lipinski definition) is 1. The Morgan fingerprint density at radius 1 is 1.17 bits per heavy atom. The van der Waals surface area contributed by atoms with Gasteiger partial charge in [0.2, 0.25) is 0 Å². The van der Waals surface area contributed by atoms with E-state index in [1.165, 1.54) is 3.58 Å². The van der Waals surface area contributed by atoms with Crippen LogP contribution in [0, 0.1) is 0 Å². The summed E-state index contributed by atoms with van der Waals surface area (Å²) < 4.78 is 1.46. The molecule has 0 bridgehead atoms. The molecule has 3 heteroatoms. The van der Waals surface area contributed by atoms with E-state index in [0.717, 1.165) is 10.8 Å². The summed E-state index contributed by atoms with van der Waals surface area (Å²) in [5.74, 6) is 0. The van der Waals surface area contributed by atoms with Crippen LogP contribution >= 0.6 is 0 Å². The van der Waals surface area contributed by atoms with Gasteiger partial charge < -0.3 is 0 Å². The van der Waals surface area contributed by atoms with Crippen LogP contribution in [0.15, 0.2) is 41.3 Å². The molecule has 0 atom stereocenters. The second-order valence-corrected chi connectivity index (χ2v) is 3.36. The van der Waals surface area contributed by atoms with Crippen LogP contribution in [0.4, 0.5) is 0 Å². The Kier molecular flexibility index (Phi) is 1.75. The molecule has 0 fully saturated rings. The Hall–Kier alpha value is -1.05. The van der Waals surface area contributed by atoms with Gasteiger partial charge in [0.25, 0.3) is 0 Å². The van der Waals surface area contributed by atoms with E-state index in [4.69, 9.17) is 0 Å². The van der Waals surface area contributed by atoms with E-state index < -0.39 is 0 Å². The van der Waals surface area contributed by atoms with E-state index in [0.29, 0.717) is 0 Å². The summed E-state index contributed by atoms with van der Waals surface area (Å²) in [5.41, 5.74) is 0.00750. The molecule has 60 valence electrons. The van der Waals surface area contributed by atoms with Crippen LogP contribution < -0.4 is 5.56 Å². The van der Waals surface area contributed by atoms with Crippen LogP contribution in [0.5, 0.6) is 0 Å². The summed E-state index contributed by atoms with van der Waals surface area (Å²) in [6.07, 6.45) is 1.73. The molecule has 0 saturated heterocycles. The van der Waals surface area contributed by atoms with Gasteiger partial charge in [-0.05, 0) is 0 Å². The molecular weight excluding hydrogens is 217 g/mol. The zero-order valence-corrected chi connectivity index (χ0v) is 7.94. The first-order valence-corrected chi connectivity index (χ1v) is 4.33. The standard InChI is InChI=1S/C9H6NOSe/c11-9-8-4-2-1-3-7(8)5-6-10(9)12/h1-6H/q-1. The van der Waals surface area contributed by atoms with Crippen molar-refractivity contribution in [2.75, 3.05) is 0 Å². The van der Waals surface area contributed by atoms with E-state index in [1.807, 2.05) is 30.3 Å². The number of fused-ring (bicyclic) bond motifs is 1. The summed E-state index contributed by atoms with van der Waals surface area (Å²) >= 11 is 2.67. The Morgan fingerprint density at radius 3 is 2.75 bits per heavy atom. The van der Waals surface area contributed by atoms with Crippen molar-refractivity contribution in [1.82, 2.24) is 3.58 Å². The SMILES string of the molecule is O=c1c2ccccc2ccn1[Se-]. The van der Waals surface area contributed by atoms with E-state index >= 15 is 0 Å². The van der Waals surface area contributed by atoms with E-state index in [2.05, 4.69) is 16.2 Å².